The summed E-state index contributed by atoms with van der Waals surface area (Å²) in [4.78, 5) is 4.40. The van der Waals surface area contributed by atoms with Gasteiger partial charge in [0.15, 0.2) is 0 Å². The average molecular weight is 269 g/mol. The molecule has 0 aliphatic heterocycles. The minimum Gasteiger partial charge on any atom is -0.367 e. The second-order valence-corrected chi connectivity index (χ2v) is 5.36. The van der Waals surface area contributed by atoms with E-state index in [2.05, 4.69) is 46.1 Å². The van der Waals surface area contributed by atoms with Crippen LogP contribution in [0.25, 0.3) is 0 Å². The average Bonchev–Trinajstić information content (AvgIpc) is 2.07. The Hall–Kier alpha value is -0.570. The van der Waals surface area contributed by atoms with Crippen LogP contribution in [0.5, 0.6) is 0 Å². The summed E-state index contributed by atoms with van der Waals surface area (Å²) >= 11 is 3.43. The van der Waals surface area contributed by atoms with E-state index in [4.69, 9.17) is 0 Å². The van der Waals surface area contributed by atoms with Gasteiger partial charge in [-0.2, -0.15) is 0 Å². The van der Waals surface area contributed by atoms with E-state index in [9.17, 15) is 0 Å². The SMILES string of the molecule is Cc1cc(Br)cnc1NC(C)C1CCC1. The fourth-order valence-corrected chi connectivity index (χ4v) is 2.41. The summed E-state index contributed by atoms with van der Waals surface area (Å²) in [5.41, 5.74) is 1.20. The second kappa shape index (κ2) is 4.52. The van der Waals surface area contributed by atoms with Gasteiger partial charge in [0, 0.05) is 16.7 Å². The van der Waals surface area contributed by atoms with Crippen LogP contribution in [-0.4, -0.2) is 11.0 Å². The van der Waals surface area contributed by atoms with Crippen molar-refractivity contribution < 1.29 is 0 Å². The third kappa shape index (κ3) is 2.51. The van der Waals surface area contributed by atoms with E-state index in [1.807, 2.05) is 6.20 Å². The predicted octanol–water partition coefficient (Wildman–Crippen LogP) is 3.75. The molecule has 82 valence electrons. The number of aryl methyl sites for hydroxylation is 1. The highest BCUT2D eigenvalue weighted by Crippen LogP contribution is 2.31. The zero-order valence-corrected chi connectivity index (χ0v) is 10.8. The molecule has 1 aromatic heterocycles. The number of aromatic nitrogens is 1. The van der Waals surface area contributed by atoms with Crippen LogP contribution in [0.1, 0.15) is 31.7 Å². The molecule has 0 radical (unpaired) electrons. The number of halogens is 1. The molecule has 1 fully saturated rings. The van der Waals surface area contributed by atoms with Gasteiger partial charge in [-0.3, -0.25) is 0 Å². The number of pyridine rings is 1. The van der Waals surface area contributed by atoms with Crippen molar-refractivity contribution in [2.24, 2.45) is 5.92 Å². The minimum atomic E-state index is 0.547. The summed E-state index contributed by atoms with van der Waals surface area (Å²) in [6.07, 6.45) is 5.97. The fraction of sp³-hybridized carbons (Fsp3) is 0.583. The van der Waals surface area contributed by atoms with Gasteiger partial charge >= 0.3 is 0 Å². The molecule has 1 aromatic rings. The molecular formula is C12H17BrN2. The number of rotatable bonds is 3. The van der Waals surface area contributed by atoms with Crippen LogP contribution < -0.4 is 5.32 Å². The zero-order chi connectivity index (χ0) is 10.8. The van der Waals surface area contributed by atoms with Gasteiger partial charge in [0.25, 0.3) is 0 Å². The maximum atomic E-state index is 4.40. The van der Waals surface area contributed by atoms with Crippen LogP contribution in [0, 0.1) is 12.8 Å². The Kier molecular flexibility index (Phi) is 3.29. The number of anilines is 1. The molecule has 1 saturated carbocycles. The van der Waals surface area contributed by atoms with Gasteiger partial charge < -0.3 is 5.32 Å². The summed E-state index contributed by atoms with van der Waals surface area (Å²) in [6, 6.07) is 2.65. The van der Waals surface area contributed by atoms with E-state index in [1.165, 1.54) is 24.8 Å². The Morgan fingerprint density at radius 3 is 2.80 bits per heavy atom. The van der Waals surface area contributed by atoms with E-state index in [1.54, 1.807) is 0 Å². The molecule has 2 rings (SSSR count). The van der Waals surface area contributed by atoms with Crippen LogP contribution >= 0.6 is 15.9 Å². The van der Waals surface area contributed by atoms with Crippen molar-refractivity contribution in [2.45, 2.75) is 39.2 Å². The Balaban J connectivity index is 2.03. The molecule has 0 saturated heterocycles. The highest BCUT2D eigenvalue weighted by atomic mass is 79.9. The van der Waals surface area contributed by atoms with Crippen molar-refractivity contribution in [3.8, 4) is 0 Å². The molecule has 1 N–H and O–H groups in total. The summed E-state index contributed by atoms with van der Waals surface area (Å²) in [5, 5.41) is 3.51. The third-order valence-electron chi connectivity index (χ3n) is 3.27. The molecule has 2 nitrogen and oxygen atoms in total. The van der Waals surface area contributed by atoms with E-state index >= 15 is 0 Å². The summed E-state index contributed by atoms with van der Waals surface area (Å²) in [6.45, 7) is 4.35. The highest BCUT2D eigenvalue weighted by Gasteiger charge is 2.24. The van der Waals surface area contributed by atoms with Gasteiger partial charge in [-0.1, -0.05) is 6.42 Å². The highest BCUT2D eigenvalue weighted by molar-refractivity contribution is 9.10. The smallest absolute Gasteiger partial charge is 0.129 e. The molecule has 15 heavy (non-hydrogen) atoms. The zero-order valence-electron chi connectivity index (χ0n) is 9.26. The first-order valence-electron chi connectivity index (χ1n) is 5.55. The maximum absolute atomic E-state index is 4.40. The van der Waals surface area contributed by atoms with Crippen molar-refractivity contribution >= 4 is 21.7 Å². The fourth-order valence-electron chi connectivity index (χ4n) is 1.96. The molecule has 0 amide bonds. The molecule has 0 spiro atoms. The lowest BCUT2D eigenvalue weighted by Gasteiger charge is -2.32. The molecule has 3 heteroatoms. The van der Waals surface area contributed by atoms with Crippen molar-refractivity contribution in [3.63, 3.8) is 0 Å². The quantitative estimate of drug-likeness (QED) is 0.903. The normalized spacial score (nSPS) is 18.3. The van der Waals surface area contributed by atoms with Crippen LogP contribution in [0.15, 0.2) is 16.7 Å². The molecule has 0 aromatic carbocycles. The molecule has 1 aliphatic carbocycles. The number of hydrogen-bond donors (Lipinski definition) is 1. The van der Waals surface area contributed by atoms with Crippen molar-refractivity contribution in [1.29, 1.82) is 0 Å². The van der Waals surface area contributed by atoms with Gasteiger partial charge in [0.05, 0.1) is 0 Å². The summed E-state index contributed by atoms with van der Waals surface area (Å²) < 4.78 is 1.04. The lowest BCUT2D eigenvalue weighted by molar-refractivity contribution is 0.285. The molecule has 0 bridgehead atoms. The largest absolute Gasteiger partial charge is 0.367 e. The van der Waals surface area contributed by atoms with Crippen molar-refractivity contribution in [2.75, 3.05) is 5.32 Å². The second-order valence-electron chi connectivity index (χ2n) is 4.44. The third-order valence-corrected chi connectivity index (χ3v) is 3.70. The maximum Gasteiger partial charge on any atom is 0.129 e. The van der Waals surface area contributed by atoms with E-state index in [-0.39, 0.29) is 0 Å². The molecule has 1 heterocycles. The Morgan fingerprint density at radius 1 is 1.53 bits per heavy atom. The first-order chi connectivity index (χ1) is 7.16. The monoisotopic (exact) mass is 268 g/mol. The first-order valence-corrected chi connectivity index (χ1v) is 6.35. The predicted molar refractivity (Wildman–Crippen MR) is 67.1 cm³/mol. The van der Waals surface area contributed by atoms with Crippen LogP contribution in [0.4, 0.5) is 5.82 Å². The van der Waals surface area contributed by atoms with Gasteiger partial charge in [-0.25, -0.2) is 4.98 Å². The summed E-state index contributed by atoms with van der Waals surface area (Å²) in [7, 11) is 0. The molecule has 1 unspecified atom stereocenters. The van der Waals surface area contributed by atoms with E-state index in [0.29, 0.717) is 6.04 Å². The Labute approximate surface area is 99.6 Å². The minimum absolute atomic E-state index is 0.547. The van der Waals surface area contributed by atoms with Gasteiger partial charge in [0.1, 0.15) is 5.82 Å². The van der Waals surface area contributed by atoms with Crippen molar-refractivity contribution in [3.05, 3.63) is 22.3 Å². The number of nitrogens with zero attached hydrogens (tertiary/aromatic N) is 1. The number of hydrogen-bond acceptors (Lipinski definition) is 2. The Bertz CT molecular complexity index is 347. The molecule has 1 aliphatic rings. The van der Waals surface area contributed by atoms with E-state index in [0.717, 1.165) is 16.2 Å². The first kappa shape index (κ1) is 10.9. The van der Waals surface area contributed by atoms with Crippen LogP contribution in [0.2, 0.25) is 0 Å². The van der Waals surface area contributed by atoms with Crippen LogP contribution in [-0.2, 0) is 0 Å². The summed E-state index contributed by atoms with van der Waals surface area (Å²) in [5.74, 6) is 1.87. The van der Waals surface area contributed by atoms with Gasteiger partial charge in [-0.05, 0) is 60.2 Å². The molecule has 1 atom stereocenters. The van der Waals surface area contributed by atoms with Crippen molar-refractivity contribution in [1.82, 2.24) is 4.98 Å². The topological polar surface area (TPSA) is 24.9 Å². The molecular weight excluding hydrogens is 252 g/mol. The van der Waals surface area contributed by atoms with Gasteiger partial charge in [-0.15, -0.1) is 0 Å². The van der Waals surface area contributed by atoms with Gasteiger partial charge in [0.2, 0.25) is 0 Å². The Morgan fingerprint density at radius 2 is 2.27 bits per heavy atom. The lowest BCUT2D eigenvalue weighted by Crippen LogP contribution is -2.31. The van der Waals surface area contributed by atoms with E-state index < -0.39 is 0 Å². The number of nitrogens with one attached hydrogen (secondary N) is 1. The lowest BCUT2D eigenvalue weighted by atomic mass is 9.80. The van der Waals surface area contributed by atoms with Crippen LogP contribution in [0.3, 0.4) is 0 Å². The standard InChI is InChI=1S/C12H17BrN2/c1-8-6-11(13)7-14-12(8)15-9(2)10-4-3-5-10/h6-7,9-10H,3-5H2,1-2H3,(H,14,15).